The lowest BCUT2D eigenvalue weighted by Gasteiger charge is -2.09. The number of nitrogens with one attached hydrogen (secondary N) is 4. The lowest BCUT2D eigenvalue weighted by molar-refractivity contribution is -0.116. The highest BCUT2D eigenvalue weighted by molar-refractivity contribution is 9.10. The summed E-state index contributed by atoms with van der Waals surface area (Å²) in [5.74, 6) is -0.235. The Balaban J connectivity index is 1.27. The van der Waals surface area contributed by atoms with E-state index in [1.165, 1.54) is 0 Å². The average molecular weight is 590 g/mol. The second-order valence-electron chi connectivity index (χ2n) is 8.79. The van der Waals surface area contributed by atoms with Crippen molar-refractivity contribution in [2.24, 2.45) is 0 Å². The minimum atomic E-state index is -0.701. The van der Waals surface area contributed by atoms with Gasteiger partial charge >= 0.3 is 5.76 Å². The molecule has 0 saturated heterocycles. The molecule has 0 fully saturated rings. The molecule has 0 atom stereocenters. The van der Waals surface area contributed by atoms with Crippen LogP contribution >= 0.6 is 15.9 Å². The molecule has 198 valence electrons. The second-order valence-corrected chi connectivity index (χ2v) is 9.71. The Kier molecular flexibility index (Phi) is 7.60. The number of para-hydroxylation sites is 1. The molecule has 5 aromatic rings. The van der Waals surface area contributed by atoms with Gasteiger partial charge in [-0.2, -0.15) is 0 Å². The highest BCUT2D eigenvalue weighted by Crippen LogP contribution is 2.30. The molecule has 3 aromatic carbocycles. The Morgan fingerprint density at radius 3 is 2.56 bits per heavy atom. The van der Waals surface area contributed by atoms with Gasteiger partial charge in [-0.1, -0.05) is 45.4 Å². The smallest absolute Gasteiger partial charge is 0.439 e. The van der Waals surface area contributed by atoms with Crippen LogP contribution in [0.4, 0.5) is 11.4 Å². The standard InChI is InChI=1S/C28H24BrN5O5/c1-38-19-11-8-16(9-12-19)4-2-7-24(35)30-22-6-3-5-17-14-23(31-25(17)22)27(36)32-21-13-10-18(29)15-20(21)26-33-28(37)39-34-26/h3,5-6,8-15,31H,2,4,7H2,1H3,(H,30,35)(H,32,36)(H,33,34,37). The molecule has 2 aromatic heterocycles. The zero-order chi connectivity index (χ0) is 27.4. The molecule has 2 amide bonds. The molecule has 4 N–H and O–H groups in total. The molecule has 39 heavy (non-hydrogen) atoms. The molecule has 0 aliphatic rings. The molecular weight excluding hydrogens is 566 g/mol. The van der Waals surface area contributed by atoms with Crippen LogP contribution < -0.4 is 21.1 Å². The van der Waals surface area contributed by atoms with Crippen molar-refractivity contribution in [2.45, 2.75) is 19.3 Å². The van der Waals surface area contributed by atoms with Gasteiger partial charge in [0, 0.05) is 21.8 Å². The summed E-state index contributed by atoms with van der Waals surface area (Å²) >= 11 is 3.39. The summed E-state index contributed by atoms with van der Waals surface area (Å²) in [7, 11) is 1.63. The predicted molar refractivity (Wildman–Crippen MR) is 151 cm³/mol. The summed E-state index contributed by atoms with van der Waals surface area (Å²) in [5.41, 5.74) is 3.57. The van der Waals surface area contributed by atoms with Gasteiger partial charge in [-0.05, 0) is 60.9 Å². The van der Waals surface area contributed by atoms with Crippen LogP contribution in [-0.4, -0.2) is 34.0 Å². The SMILES string of the molecule is COc1ccc(CCCC(=O)Nc2cccc3cc(C(=O)Nc4ccc(Br)cc4-c4noc(=O)[nH]4)[nH]c23)cc1. The Morgan fingerprint density at radius 2 is 1.82 bits per heavy atom. The third-order valence-electron chi connectivity index (χ3n) is 6.13. The van der Waals surface area contributed by atoms with E-state index in [9.17, 15) is 14.4 Å². The number of anilines is 2. The molecule has 0 aliphatic carbocycles. The van der Waals surface area contributed by atoms with Gasteiger partial charge in [0.25, 0.3) is 5.91 Å². The van der Waals surface area contributed by atoms with Crippen LogP contribution in [0.3, 0.4) is 0 Å². The second kappa shape index (κ2) is 11.4. The Bertz CT molecular complexity index is 1700. The first-order valence-electron chi connectivity index (χ1n) is 12.1. The van der Waals surface area contributed by atoms with E-state index in [1.54, 1.807) is 37.4 Å². The van der Waals surface area contributed by atoms with E-state index in [1.807, 2.05) is 36.4 Å². The van der Waals surface area contributed by atoms with E-state index in [0.717, 1.165) is 27.6 Å². The number of rotatable bonds is 9. The molecule has 0 radical (unpaired) electrons. The summed E-state index contributed by atoms with van der Waals surface area (Å²) in [6.45, 7) is 0. The highest BCUT2D eigenvalue weighted by atomic mass is 79.9. The molecule has 5 rings (SSSR count). The van der Waals surface area contributed by atoms with Crippen LogP contribution in [0.25, 0.3) is 22.3 Å². The van der Waals surface area contributed by atoms with Gasteiger partial charge in [0.1, 0.15) is 11.4 Å². The van der Waals surface area contributed by atoms with Crippen molar-refractivity contribution >= 4 is 50.0 Å². The highest BCUT2D eigenvalue weighted by Gasteiger charge is 2.17. The fourth-order valence-corrected chi connectivity index (χ4v) is 4.56. The summed E-state index contributed by atoms with van der Waals surface area (Å²) < 4.78 is 10.5. The largest absolute Gasteiger partial charge is 0.497 e. The first kappa shape index (κ1) is 26.0. The number of aromatic amines is 2. The number of nitrogens with zero attached hydrogens (tertiary/aromatic N) is 1. The fourth-order valence-electron chi connectivity index (χ4n) is 4.20. The molecule has 0 unspecified atom stereocenters. The molecule has 0 bridgehead atoms. The first-order chi connectivity index (χ1) is 18.9. The van der Waals surface area contributed by atoms with Crippen LogP contribution in [0, 0.1) is 0 Å². The summed E-state index contributed by atoms with van der Waals surface area (Å²) in [6.07, 6.45) is 1.82. The van der Waals surface area contributed by atoms with E-state index in [-0.39, 0.29) is 11.7 Å². The van der Waals surface area contributed by atoms with Gasteiger partial charge in [-0.15, -0.1) is 0 Å². The van der Waals surface area contributed by atoms with Crippen molar-refractivity contribution in [3.8, 4) is 17.1 Å². The van der Waals surface area contributed by atoms with Crippen LogP contribution in [0.1, 0.15) is 28.9 Å². The van der Waals surface area contributed by atoms with E-state index in [0.29, 0.717) is 41.0 Å². The van der Waals surface area contributed by atoms with Gasteiger partial charge < -0.3 is 20.4 Å². The van der Waals surface area contributed by atoms with Crippen molar-refractivity contribution in [2.75, 3.05) is 17.7 Å². The van der Waals surface area contributed by atoms with Gasteiger partial charge in [-0.25, -0.2) is 4.79 Å². The molecule has 0 aliphatic heterocycles. The third kappa shape index (κ3) is 6.10. The van der Waals surface area contributed by atoms with E-state index < -0.39 is 11.7 Å². The lowest BCUT2D eigenvalue weighted by Crippen LogP contribution is -2.13. The number of aromatic nitrogens is 3. The van der Waals surface area contributed by atoms with Gasteiger partial charge in [0.2, 0.25) is 5.91 Å². The van der Waals surface area contributed by atoms with E-state index in [2.05, 4.69) is 46.2 Å². The number of ether oxygens (including phenoxy) is 1. The van der Waals surface area contributed by atoms with Crippen molar-refractivity contribution in [3.63, 3.8) is 0 Å². The Morgan fingerprint density at radius 1 is 1.00 bits per heavy atom. The van der Waals surface area contributed by atoms with Crippen molar-refractivity contribution in [1.82, 2.24) is 15.1 Å². The molecular formula is C28H24BrN5O5. The van der Waals surface area contributed by atoms with Gasteiger partial charge in [-0.3, -0.25) is 19.1 Å². The minimum Gasteiger partial charge on any atom is -0.497 e. The number of amides is 2. The number of methoxy groups -OCH3 is 1. The number of hydrogen-bond acceptors (Lipinski definition) is 6. The number of hydrogen-bond donors (Lipinski definition) is 4. The number of fused-ring (bicyclic) bond motifs is 1. The fraction of sp³-hybridized carbons (Fsp3) is 0.143. The van der Waals surface area contributed by atoms with E-state index >= 15 is 0 Å². The van der Waals surface area contributed by atoms with Crippen LogP contribution in [-0.2, 0) is 11.2 Å². The molecule has 10 nitrogen and oxygen atoms in total. The maximum atomic E-state index is 13.1. The number of carbonyl (C=O) groups excluding carboxylic acids is 2. The normalized spacial score (nSPS) is 10.9. The minimum absolute atomic E-state index is 0.113. The lowest BCUT2D eigenvalue weighted by atomic mass is 10.1. The van der Waals surface area contributed by atoms with Crippen LogP contribution in [0.5, 0.6) is 5.75 Å². The van der Waals surface area contributed by atoms with Crippen LogP contribution in [0.15, 0.2) is 80.5 Å². The number of benzene rings is 3. The quantitative estimate of drug-likeness (QED) is 0.179. The number of H-pyrrole nitrogens is 2. The van der Waals surface area contributed by atoms with E-state index in [4.69, 9.17) is 4.74 Å². The maximum absolute atomic E-state index is 13.1. The third-order valence-corrected chi connectivity index (χ3v) is 6.62. The first-order valence-corrected chi connectivity index (χ1v) is 12.9. The number of carbonyl (C=O) groups is 2. The zero-order valence-corrected chi connectivity index (χ0v) is 22.4. The predicted octanol–water partition coefficient (Wildman–Crippen LogP) is 5.50. The average Bonchev–Trinajstić information content (AvgIpc) is 3.57. The summed E-state index contributed by atoms with van der Waals surface area (Å²) in [4.78, 5) is 42.8. The Labute approximate surface area is 230 Å². The summed E-state index contributed by atoms with van der Waals surface area (Å²) in [5, 5.41) is 10.3. The monoisotopic (exact) mass is 589 g/mol. The maximum Gasteiger partial charge on any atom is 0.439 e. The molecule has 0 spiro atoms. The van der Waals surface area contributed by atoms with Crippen LogP contribution in [0.2, 0.25) is 0 Å². The molecule has 2 heterocycles. The molecule has 11 heteroatoms. The topological polar surface area (TPSA) is 142 Å². The Hall–Kier alpha value is -4.64. The van der Waals surface area contributed by atoms with Crippen molar-refractivity contribution in [1.29, 1.82) is 0 Å². The summed E-state index contributed by atoms with van der Waals surface area (Å²) in [6, 6.07) is 20.1. The number of aryl methyl sites for hydroxylation is 1. The van der Waals surface area contributed by atoms with Gasteiger partial charge in [0.15, 0.2) is 5.82 Å². The van der Waals surface area contributed by atoms with Crippen molar-refractivity contribution in [3.05, 3.63) is 93.0 Å². The van der Waals surface area contributed by atoms with Crippen molar-refractivity contribution < 1.29 is 18.8 Å². The number of halogens is 1. The molecule has 0 saturated carbocycles. The van der Waals surface area contributed by atoms with Gasteiger partial charge in [0.05, 0.1) is 24.0 Å². The zero-order valence-electron chi connectivity index (χ0n) is 20.8.